The summed E-state index contributed by atoms with van der Waals surface area (Å²) in [6.07, 6.45) is 1.02. The number of anilines is 1. The van der Waals surface area contributed by atoms with Gasteiger partial charge in [-0.2, -0.15) is 0 Å². The number of amides is 2. The van der Waals surface area contributed by atoms with Crippen LogP contribution in [-0.4, -0.2) is 64.7 Å². The fourth-order valence-electron chi connectivity index (χ4n) is 3.63. The molecule has 9 nitrogen and oxygen atoms in total. The lowest BCUT2D eigenvalue weighted by Gasteiger charge is -2.32. The van der Waals surface area contributed by atoms with Gasteiger partial charge in [-0.25, -0.2) is 8.42 Å². The van der Waals surface area contributed by atoms with Crippen LogP contribution in [0.3, 0.4) is 0 Å². The molecule has 0 fully saturated rings. The fourth-order valence-corrected chi connectivity index (χ4v) is 4.47. The van der Waals surface area contributed by atoms with Gasteiger partial charge in [0.2, 0.25) is 21.8 Å². The number of ether oxygens (including phenoxy) is 2. The van der Waals surface area contributed by atoms with E-state index in [9.17, 15) is 18.0 Å². The third-order valence-electron chi connectivity index (χ3n) is 5.62. The van der Waals surface area contributed by atoms with Crippen LogP contribution >= 0.6 is 0 Å². The lowest BCUT2D eigenvalue weighted by molar-refractivity contribution is -0.139. The van der Waals surface area contributed by atoms with Crippen LogP contribution < -0.4 is 19.1 Å². The fraction of sp³-hybridized carbons (Fsp3) is 0.462. The molecular weight excluding hydrogens is 482 g/mol. The number of hydrogen-bond donors (Lipinski definition) is 1. The van der Waals surface area contributed by atoms with Gasteiger partial charge in [0.05, 0.1) is 26.2 Å². The third kappa shape index (κ3) is 7.87. The van der Waals surface area contributed by atoms with Gasteiger partial charge in [-0.3, -0.25) is 13.9 Å². The number of nitrogens with zero attached hydrogens (tertiary/aromatic N) is 2. The molecule has 198 valence electrons. The average molecular weight is 520 g/mol. The molecule has 2 amide bonds. The largest absolute Gasteiger partial charge is 0.497 e. The second kappa shape index (κ2) is 12.6. The topological polar surface area (TPSA) is 105 Å². The first-order valence-electron chi connectivity index (χ1n) is 11.7. The predicted octanol–water partition coefficient (Wildman–Crippen LogP) is 2.97. The van der Waals surface area contributed by atoms with Crippen LogP contribution in [0.1, 0.15) is 31.9 Å². The van der Waals surface area contributed by atoms with Crippen molar-refractivity contribution in [3.63, 3.8) is 0 Å². The molecular formula is C26H37N3O6S. The maximum atomic E-state index is 13.7. The number of carbonyl (C=O) groups is 2. The smallest absolute Gasteiger partial charge is 0.244 e. The molecule has 1 atom stereocenters. The molecule has 2 aromatic rings. The van der Waals surface area contributed by atoms with Crippen molar-refractivity contribution in [2.45, 2.75) is 40.3 Å². The van der Waals surface area contributed by atoms with Crippen molar-refractivity contribution in [2.24, 2.45) is 5.92 Å². The van der Waals surface area contributed by atoms with Gasteiger partial charge < -0.3 is 19.7 Å². The van der Waals surface area contributed by atoms with Crippen molar-refractivity contribution in [3.8, 4) is 11.5 Å². The Bertz CT molecular complexity index is 1170. The first kappa shape index (κ1) is 29.0. The predicted molar refractivity (Wildman–Crippen MR) is 141 cm³/mol. The lowest BCUT2D eigenvalue weighted by atomic mass is 10.1. The van der Waals surface area contributed by atoms with E-state index in [1.165, 1.54) is 25.2 Å². The van der Waals surface area contributed by atoms with Gasteiger partial charge in [0.1, 0.15) is 24.1 Å². The summed E-state index contributed by atoms with van der Waals surface area (Å²) >= 11 is 0. The van der Waals surface area contributed by atoms with Crippen LogP contribution in [0.5, 0.6) is 11.5 Å². The summed E-state index contributed by atoms with van der Waals surface area (Å²) in [5, 5.41) is 2.86. The number of sulfonamides is 1. The van der Waals surface area contributed by atoms with Gasteiger partial charge >= 0.3 is 0 Å². The van der Waals surface area contributed by atoms with E-state index in [2.05, 4.69) is 5.32 Å². The van der Waals surface area contributed by atoms with Crippen LogP contribution in [0.25, 0.3) is 0 Å². The summed E-state index contributed by atoms with van der Waals surface area (Å²) < 4.78 is 37.2. The van der Waals surface area contributed by atoms with Gasteiger partial charge in [-0.15, -0.1) is 0 Å². The zero-order valence-corrected chi connectivity index (χ0v) is 22.9. The Morgan fingerprint density at radius 3 is 2.28 bits per heavy atom. The van der Waals surface area contributed by atoms with Gasteiger partial charge in [-0.1, -0.05) is 43.7 Å². The highest BCUT2D eigenvalue weighted by atomic mass is 32.2. The summed E-state index contributed by atoms with van der Waals surface area (Å²) in [6, 6.07) is 11.5. The van der Waals surface area contributed by atoms with E-state index in [0.717, 1.165) is 21.7 Å². The molecule has 1 unspecified atom stereocenters. The van der Waals surface area contributed by atoms with Crippen molar-refractivity contribution >= 4 is 27.5 Å². The Morgan fingerprint density at radius 2 is 1.72 bits per heavy atom. The Labute approximate surface area is 214 Å². The van der Waals surface area contributed by atoms with Gasteiger partial charge in [0, 0.05) is 19.2 Å². The zero-order chi connectivity index (χ0) is 27.0. The van der Waals surface area contributed by atoms with E-state index < -0.39 is 28.5 Å². The minimum absolute atomic E-state index is 0.142. The summed E-state index contributed by atoms with van der Waals surface area (Å²) in [4.78, 5) is 28.0. The van der Waals surface area contributed by atoms with E-state index in [1.807, 2.05) is 45.0 Å². The number of aryl methyl sites for hydroxylation is 1. The quantitative estimate of drug-likeness (QED) is 0.462. The van der Waals surface area contributed by atoms with Crippen LogP contribution in [0, 0.1) is 12.8 Å². The first-order chi connectivity index (χ1) is 16.9. The first-order valence-corrected chi connectivity index (χ1v) is 13.5. The van der Waals surface area contributed by atoms with Crippen molar-refractivity contribution in [3.05, 3.63) is 53.6 Å². The van der Waals surface area contributed by atoms with E-state index in [4.69, 9.17) is 9.47 Å². The Kier molecular flexibility index (Phi) is 10.2. The molecule has 0 aliphatic heterocycles. The molecule has 0 spiro atoms. The van der Waals surface area contributed by atoms with Crippen LogP contribution in [-0.2, 0) is 26.2 Å². The average Bonchev–Trinajstić information content (AvgIpc) is 2.82. The van der Waals surface area contributed by atoms with E-state index in [1.54, 1.807) is 19.1 Å². The molecule has 0 saturated heterocycles. The van der Waals surface area contributed by atoms with Crippen LogP contribution in [0.2, 0.25) is 0 Å². The molecule has 1 N–H and O–H groups in total. The lowest BCUT2D eigenvalue weighted by Crippen LogP contribution is -2.51. The number of hydrogen-bond acceptors (Lipinski definition) is 6. The van der Waals surface area contributed by atoms with Crippen molar-refractivity contribution in [1.29, 1.82) is 0 Å². The van der Waals surface area contributed by atoms with E-state index >= 15 is 0 Å². The number of methoxy groups -OCH3 is 2. The van der Waals surface area contributed by atoms with E-state index in [-0.39, 0.29) is 29.8 Å². The molecule has 2 aromatic carbocycles. The number of nitrogens with one attached hydrogen (secondary N) is 1. The van der Waals surface area contributed by atoms with Crippen molar-refractivity contribution in [2.75, 3.05) is 37.9 Å². The molecule has 0 saturated carbocycles. The maximum absolute atomic E-state index is 13.7. The number of rotatable bonds is 12. The number of carbonyl (C=O) groups excluding carboxylic acids is 2. The molecule has 10 heteroatoms. The Balaban J connectivity index is 2.46. The highest BCUT2D eigenvalue weighted by Crippen LogP contribution is 2.34. The monoisotopic (exact) mass is 519 g/mol. The molecule has 0 radical (unpaired) electrons. The Hall–Kier alpha value is -3.27. The Morgan fingerprint density at radius 1 is 1.03 bits per heavy atom. The minimum atomic E-state index is -3.90. The van der Waals surface area contributed by atoms with Gasteiger partial charge in [-0.05, 0) is 37.5 Å². The summed E-state index contributed by atoms with van der Waals surface area (Å²) in [5.41, 5.74) is 2.01. The molecule has 0 bridgehead atoms. The zero-order valence-electron chi connectivity index (χ0n) is 22.1. The normalized spacial score (nSPS) is 12.1. The molecule has 2 rings (SSSR count). The van der Waals surface area contributed by atoms with Crippen molar-refractivity contribution < 1.29 is 27.5 Å². The summed E-state index contributed by atoms with van der Waals surface area (Å²) in [6.45, 7) is 7.62. The van der Waals surface area contributed by atoms with Crippen molar-refractivity contribution in [1.82, 2.24) is 10.2 Å². The highest BCUT2D eigenvalue weighted by Gasteiger charge is 2.31. The van der Waals surface area contributed by atoms with Gasteiger partial charge in [0.15, 0.2) is 0 Å². The minimum Gasteiger partial charge on any atom is -0.497 e. The SMILES string of the molecule is COc1ccc(OC)c(N(CC(=O)N(Cc2cccc(C)c2)C(C)C(=O)NCC(C)C)S(C)(=O)=O)c1. The molecule has 0 aromatic heterocycles. The van der Waals surface area contributed by atoms with Crippen LogP contribution in [0.4, 0.5) is 5.69 Å². The second-order valence-corrected chi connectivity index (χ2v) is 11.0. The van der Waals surface area contributed by atoms with Gasteiger partial charge in [0.25, 0.3) is 0 Å². The van der Waals surface area contributed by atoms with E-state index in [0.29, 0.717) is 12.3 Å². The second-order valence-electron chi connectivity index (χ2n) is 9.13. The number of benzene rings is 2. The molecule has 0 aliphatic rings. The maximum Gasteiger partial charge on any atom is 0.244 e. The van der Waals surface area contributed by atoms with Crippen LogP contribution in [0.15, 0.2) is 42.5 Å². The molecule has 0 aliphatic carbocycles. The summed E-state index contributed by atoms with van der Waals surface area (Å²) in [7, 11) is -1.03. The standard InChI is InChI=1S/C26H37N3O6S/c1-18(2)15-27-26(31)20(4)28(16-21-10-8-9-19(3)13-21)25(30)17-29(36(7,32)33)23-14-22(34-5)11-12-24(23)35-6/h8-14,18,20H,15-17H2,1-7H3,(H,27,31). The third-order valence-corrected chi connectivity index (χ3v) is 6.75. The molecule has 0 heterocycles. The highest BCUT2D eigenvalue weighted by molar-refractivity contribution is 7.92. The molecule has 36 heavy (non-hydrogen) atoms. The summed E-state index contributed by atoms with van der Waals surface area (Å²) in [5.74, 6) is 0.0730.